The molecule has 0 radical (unpaired) electrons. The zero-order chi connectivity index (χ0) is 18.2. The van der Waals surface area contributed by atoms with Gasteiger partial charge in [0, 0.05) is 5.41 Å². The summed E-state index contributed by atoms with van der Waals surface area (Å²) in [5.41, 5.74) is 3.13. The first-order valence-electron chi connectivity index (χ1n) is 9.57. The molecule has 0 amide bonds. The second kappa shape index (κ2) is 6.49. The van der Waals surface area contributed by atoms with Crippen LogP contribution in [-0.4, -0.2) is 15.8 Å². The Hall–Kier alpha value is -2.24. The number of phenolic OH excluding ortho intramolecular Hbond substituents is 1. The molecule has 2 unspecified atom stereocenters. The van der Waals surface area contributed by atoms with Crippen molar-refractivity contribution in [1.82, 2.24) is 0 Å². The normalized spacial score (nSPS) is 29.8. The maximum absolute atomic E-state index is 11.0. The third-order valence-electron chi connectivity index (χ3n) is 6.46. The Morgan fingerprint density at radius 2 is 1.92 bits per heavy atom. The number of hydrogen-bond donors (Lipinski definition) is 2. The van der Waals surface area contributed by atoms with Crippen molar-refractivity contribution in [2.45, 2.75) is 56.5 Å². The van der Waals surface area contributed by atoms with E-state index in [1.165, 1.54) is 16.7 Å². The van der Waals surface area contributed by atoms with Crippen LogP contribution in [-0.2, 0) is 18.3 Å². The van der Waals surface area contributed by atoms with Gasteiger partial charge in [-0.05, 0) is 80.2 Å². The molecule has 3 atom stereocenters. The molecular formula is C24H26O2. The maximum Gasteiger partial charge on any atom is 0.125 e. The highest BCUT2D eigenvalue weighted by Gasteiger charge is 2.51. The third kappa shape index (κ3) is 2.91. The number of benzene rings is 2. The van der Waals surface area contributed by atoms with E-state index in [4.69, 9.17) is 0 Å². The average Bonchev–Trinajstić information content (AvgIpc) is 2.63. The Labute approximate surface area is 155 Å². The molecule has 2 aliphatic rings. The number of hydrogen-bond acceptors (Lipinski definition) is 2. The fraction of sp³-hybridized carbons (Fsp3) is 0.417. The molecule has 2 nitrogen and oxygen atoms in total. The molecule has 0 heterocycles. The first-order chi connectivity index (χ1) is 12.5. The Bertz CT molecular complexity index is 861. The molecule has 2 N–H and O–H groups in total. The van der Waals surface area contributed by atoms with Gasteiger partial charge < -0.3 is 10.2 Å². The first kappa shape index (κ1) is 17.2. The van der Waals surface area contributed by atoms with Crippen LogP contribution in [0.1, 0.15) is 49.3 Å². The van der Waals surface area contributed by atoms with Crippen molar-refractivity contribution in [1.29, 1.82) is 0 Å². The Morgan fingerprint density at radius 3 is 2.69 bits per heavy atom. The van der Waals surface area contributed by atoms with E-state index in [2.05, 4.69) is 48.2 Å². The molecule has 2 heteroatoms. The van der Waals surface area contributed by atoms with Crippen LogP contribution >= 0.6 is 0 Å². The van der Waals surface area contributed by atoms with Gasteiger partial charge in [0.25, 0.3) is 0 Å². The van der Waals surface area contributed by atoms with Crippen molar-refractivity contribution in [3.63, 3.8) is 0 Å². The molecule has 1 saturated carbocycles. The van der Waals surface area contributed by atoms with Gasteiger partial charge in [-0.25, -0.2) is 0 Å². The summed E-state index contributed by atoms with van der Waals surface area (Å²) in [5, 5.41) is 20.9. The van der Waals surface area contributed by atoms with E-state index in [0.717, 1.165) is 32.1 Å². The molecule has 0 saturated heterocycles. The fourth-order valence-electron chi connectivity index (χ4n) is 5.31. The zero-order valence-electron chi connectivity index (χ0n) is 15.3. The predicted molar refractivity (Wildman–Crippen MR) is 104 cm³/mol. The van der Waals surface area contributed by atoms with E-state index >= 15 is 0 Å². The van der Waals surface area contributed by atoms with Crippen molar-refractivity contribution in [2.24, 2.45) is 5.92 Å². The largest absolute Gasteiger partial charge is 0.508 e. The lowest BCUT2D eigenvalue weighted by Crippen LogP contribution is -2.50. The molecule has 2 aromatic carbocycles. The summed E-state index contributed by atoms with van der Waals surface area (Å²) >= 11 is 0. The van der Waals surface area contributed by atoms with Crippen LogP contribution in [0.5, 0.6) is 5.75 Å². The molecule has 26 heavy (non-hydrogen) atoms. The highest BCUT2D eigenvalue weighted by atomic mass is 16.3. The van der Waals surface area contributed by atoms with Crippen molar-refractivity contribution >= 4 is 0 Å². The smallest absolute Gasteiger partial charge is 0.125 e. The lowest BCUT2D eigenvalue weighted by Gasteiger charge is -2.52. The monoisotopic (exact) mass is 346 g/mol. The number of aryl methyl sites for hydroxylation is 1. The second-order valence-electron chi connectivity index (χ2n) is 8.01. The van der Waals surface area contributed by atoms with E-state index in [0.29, 0.717) is 18.1 Å². The minimum atomic E-state index is -0.853. The van der Waals surface area contributed by atoms with Crippen LogP contribution < -0.4 is 0 Å². The fourth-order valence-corrected chi connectivity index (χ4v) is 5.31. The van der Waals surface area contributed by atoms with Crippen LogP contribution in [0.2, 0.25) is 0 Å². The number of fused-ring (bicyclic) bond motifs is 3. The van der Waals surface area contributed by atoms with Gasteiger partial charge in [-0.15, -0.1) is 5.92 Å². The van der Waals surface area contributed by atoms with E-state index in [-0.39, 0.29) is 5.41 Å². The number of phenols is 1. The predicted octanol–water partition coefficient (Wildman–Crippen LogP) is 4.37. The Kier molecular flexibility index (Phi) is 4.29. The average molecular weight is 346 g/mol. The van der Waals surface area contributed by atoms with Crippen LogP contribution in [0, 0.1) is 17.8 Å². The molecule has 2 aliphatic carbocycles. The van der Waals surface area contributed by atoms with Gasteiger partial charge in [0.05, 0.1) is 0 Å². The van der Waals surface area contributed by atoms with Gasteiger partial charge in [0.15, 0.2) is 0 Å². The van der Waals surface area contributed by atoms with Crippen molar-refractivity contribution < 1.29 is 10.2 Å². The van der Waals surface area contributed by atoms with E-state index in [1.54, 1.807) is 0 Å². The first-order valence-corrected chi connectivity index (χ1v) is 9.57. The van der Waals surface area contributed by atoms with Gasteiger partial charge in [-0.2, -0.15) is 0 Å². The van der Waals surface area contributed by atoms with Crippen molar-refractivity contribution in [3.8, 4) is 17.6 Å². The minimum absolute atomic E-state index is 0.0181. The lowest BCUT2D eigenvalue weighted by atomic mass is 9.52. The Morgan fingerprint density at radius 1 is 1.12 bits per heavy atom. The SMILES string of the molecule is CC#CC1(O)CC[C@@]2(Cc3ccccc3)c3ccc(O)cc3CCC2C1. The molecule has 1 fully saturated rings. The summed E-state index contributed by atoms with van der Waals surface area (Å²) in [5.74, 6) is 6.75. The van der Waals surface area contributed by atoms with Gasteiger partial charge in [0.1, 0.15) is 11.4 Å². The zero-order valence-corrected chi connectivity index (χ0v) is 15.3. The van der Waals surface area contributed by atoms with Gasteiger partial charge >= 0.3 is 0 Å². The minimum Gasteiger partial charge on any atom is -0.508 e. The van der Waals surface area contributed by atoms with Gasteiger partial charge in [-0.3, -0.25) is 0 Å². The topological polar surface area (TPSA) is 40.5 Å². The second-order valence-corrected chi connectivity index (χ2v) is 8.01. The number of rotatable bonds is 2. The molecule has 0 aromatic heterocycles. The molecular weight excluding hydrogens is 320 g/mol. The van der Waals surface area contributed by atoms with E-state index in [9.17, 15) is 10.2 Å². The highest BCUT2D eigenvalue weighted by molar-refractivity contribution is 5.45. The number of aliphatic hydroxyl groups is 1. The molecule has 0 bridgehead atoms. The number of aromatic hydroxyl groups is 1. The third-order valence-corrected chi connectivity index (χ3v) is 6.46. The maximum atomic E-state index is 11.0. The highest BCUT2D eigenvalue weighted by Crippen LogP contribution is 2.54. The molecule has 0 aliphatic heterocycles. The van der Waals surface area contributed by atoms with Crippen LogP contribution in [0.15, 0.2) is 48.5 Å². The van der Waals surface area contributed by atoms with Crippen molar-refractivity contribution in [3.05, 3.63) is 65.2 Å². The molecule has 0 spiro atoms. The standard InChI is InChI=1S/C24H26O2/c1-2-12-23(26)13-14-24(16-18-6-4-3-5-7-18)20(17-23)9-8-19-15-21(25)10-11-22(19)24/h3-7,10-11,15,20,25-26H,8-9,13-14,16-17H2,1H3/t20?,23?,24-/m0/s1. The lowest BCUT2D eigenvalue weighted by molar-refractivity contribution is -0.00804. The summed E-state index contributed by atoms with van der Waals surface area (Å²) in [7, 11) is 0. The molecule has 2 aromatic rings. The summed E-state index contributed by atoms with van der Waals surface area (Å²) in [4.78, 5) is 0. The summed E-state index contributed by atoms with van der Waals surface area (Å²) in [6.45, 7) is 1.81. The summed E-state index contributed by atoms with van der Waals surface area (Å²) in [6.07, 6.45) is 5.34. The van der Waals surface area contributed by atoms with Crippen LogP contribution in [0.3, 0.4) is 0 Å². The van der Waals surface area contributed by atoms with Crippen LogP contribution in [0.4, 0.5) is 0 Å². The van der Waals surface area contributed by atoms with E-state index in [1.807, 2.05) is 19.1 Å². The molecule has 134 valence electrons. The van der Waals surface area contributed by atoms with E-state index < -0.39 is 5.60 Å². The summed E-state index contributed by atoms with van der Waals surface area (Å²) in [6, 6.07) is 16.5. The van der Waals surface area contributed by atoms with Gasteiger partial charge in [-0.1, -0.05) is 42.3 Å². The molecule has 4 rings (SSSR count). The quantitative estimate of drug-likeness (QED) is 0.793. The van der Waals surface area contributed by atoms with Gasteiger partial charge in [0.2, 0.25) is 0 Å². The Balaban J connectivity index is 1.79. The van der Waals surface area contributed by atoms with Crippen LogP contribution in [0.25, 0.3) is 0 Å². The van der Waals surface area contributed by atoms with Crippen molar-refractivity contribution in [2.75, 3.05) is 0 Å². The summed E-state index contributed by atoms with van der Waals surface area (Å²) < 4.78 is 0.